The average molecular weight is 283 g/mol. The predicted molar refractivity (Wildman–Crippen MR) is 71.0 cm³/mol. The van der Waals surface area contributed by atoms with E-state index >= 15 is 0 Å². The van der Waals surface area contributed by atoms with Gasteiger partial charge in [0, 0.05) is 17.1 Å². The number of primary amides is 1. The fraction of sp³-hybridized carbons (Fsp3) is 0.385. The molecule has 0 spiro atoms. The molecule has 1 aromatic rings. The lowest BCUT2D eigenvalue weighted by Crippen LogP contribution is -2.54. The molecule has 0 radical (unpaired) electrons. The van der Waals surface area contributed by atoms with Gasteiger partial charge in [-0.15, -0.1) is 0 Å². The van der Waals surface area contributed by atoms with Gasteiger partial charge in [0.25, 0.3) is 5.91 Å². The Bertz CT molecular complexity index is 498. The first kappa shape index (κ1) is 13.8. The lowest BCUT2D eigenvalue weighted by molar-refractivity contribution is -0.127. The molecule has 1 aliphatic rings. The van der Waals surface area contributed by atoms with Gasteiger partial charge in [-0.3, -0.25) is 9.59 Å². The van der Waals surface area contributed by atoms with Gasteiger partial charge in [0.2, 0.25) is 5.91 Å². The largest absolute Gasteiger partial charge is 0.377 e. The summed E-state index contributed by atoms with van der Waals surface area (Å²) in [7, 11) is 0. The van der Waals surface area contributed by atoms with Crippen molar-refractivity contribution < 1.29 is 14.3 Å². The summed E-state index contributed by atoms with van der Waals surface area (Å²) in [5.41, 5.74) is 6.64. The number of ether oxygens (including phenoxy) is 1. The lowest BCUT2D eigenvalue weighted by atomic mass is 10.1. The molecule has 1 unspecified atom stereocenters. The SMILES string of the molecule is Cc1cc(Cl)cc(C(=O)N2CCOCC2C(N)=O)c1. The molecule has 0 aromatic heterocycles. The van der Waals surface area contributed by atoms with Crippen molar-refractivity contribution in [2.45, 2.75) is 13.0 Å². The zero-order valence-electron chi connectivity index (χ0n) is 10.6. The number of halogens is 1. The van der Waals surface area contributed by atoms with Crippen LogP contribution in [0.25, 0.3) is 0 Å². The monoisotopic (exact) mass is 282 g/mol. The van der Waals surface area contributed by atoms with Crippen molar-refractivity contribution in [1.82, 2.24) is 4.90 Å². The van der Waals surface area contributed by atoms with Crippen LogP contribution in [0.1, 0.15) is 15.9 Å². The summed E-state index contributed by atoms with van der Waals surface area (Å²) in [6.45, 7) is 2.74. The third-order valence-corrected chi connectivity index (χ3v) is 3.23. The summed E-state index contributed by atoms with van der Waals surface area (Å²) in [6, 6.07) is 4.37. The molecule has 0 saturated carbocycles. The van der Waals surface area contributed by atoms with Gasteiger partial charge in [0.05, 0.1) is 13.2 Å². The van der Waals surface area contributed by atoms with Gasteiger partial charge in [-0.25, -0.2) is 0 Å². The molecule has 1 atom stereocenters. The van der Waals surface area contributed by atoms with Crippen LogP contribution in [0.4, 0.5) is 0 Å². The standard InChI is InChI=1S/C13H15ClN2O3/c1-8-4-9(6-10(14)5-8)13(18)16-2-3-19-7-11(16)12(15)17/h4-6,11H,2-3,7H2,1H3,(H2,15,17). The third kappa shape index (κ3) is 3.05. The van der Waals surface area contributed by atoms with Crippen molar-refractivity contribution in [2.24, 2.45) is 5.73 Å². The summed E-state index contributed by atoms with van der Waals surface area (Å²) < 4.78 is 5.19. The Morgan fingerprint density at radius 2 is 2.16 bits per heavy atom. The van der Waals surface area contributed by atoms with Crippen LogP contribution in [0, 0.1) is 6.92 Å². The molecule has 1 aliphatic heterocycles. The van der Waals surface area contributed by atoms with E-state index in [-0.39, 0.29) is 12.5 Å². The zero-order chi connectivity index (χ0) is 14.0. The molecular formula is C13H15ClN2O3. The van der Waals surface area contributed by atoms with E-state index in [4.69, 9.17) is 22.1 Å². The van der Waals surface area contributed by atoms with Crippen molar-refractivity contribution in [1.29, 1.82) is 0 Å². The van der Waals surface area contributed by atoms with E-state index in [2.05, 4.69) is 0 Å². The van der Waals surface area contributed by atoms with Crippen LogP contribution >= 0.6 is 11.6 Å². The van der Waals surface area contributed by atoms with Gasteiger partial charge in [0.15, 0.2) is 0 Å². The van der Waals surface area contributed by atoms with E-state index < -0.39 is 11.9 Å². The number of aryl methyl sites for hydroxylation is 1. The molecule has 2 amide bonds. The number of nitrogens with two attached hydrogens (primary N) is 1. The number of hydrogen-bond donors (Lipinski definition) is 1. The normalized spacial score (nSPS) is 19.3. The molecule has 6 heteroatoms. The van der Waals surface area contributed by atoms with E-state index in [0.717, 1.165) is 5.56 Å². The first-order valence-electron chi connectivity index (χ1n) is 5.94. The minimum atomic E-state index is -0.722. The van der Waals surface area contributed by atoms with Gasteiger partial charge >= 0.3 is 0 Å². The average Bonchev–Trinajstić information content (AvgIpc) is 2.36. The number of amides is 2. The van der Waals surface area contributed by atoms with Crippen LogP contribution in [0.15, 0.2) is 18.2 Å². The van der Waals surface area contributed by atoms with Gasteiger partial charge in [-0.05, 0) is 30.7 Å². The van der Waals surface area contributed by atoms with E-state index in [0.29, 0.717) is 23.7 Å². The number of rotatable bonds is 2. The number of benzene rings is 1. The third-order valence-electron chi connectivity index (χ3n) is 3.01. The second kappa shape index (κ2) is 5.59. The van der Waals surface area contributed by atoms with E-state index in [1.807, 2.05) is 6.92 Å². The summed E-state index contributed by atoms with van der Waals surface area (Å²) in [6.07, 6.45) is 0. The second-order valence-corrected chi connectivity index (χ2v) is 4.95. The van der Waals surface area contributed by atoms with Crippen molar-refractivity contribution in [3.8, 4) is 0 Å². The Hall–Kier alpha value is -1.59. The van der Waals surface area contributed by atoms with Gasteiger partial charge in [0.1, 0.15) is 6.04 Å². The maximum absolute atomic E-state index is 12.4. The molecule has 102 valence electrons. The Kier molecular flexibility index (Phi) is 4.07. The molecule has 1 heterocycles. The van der Waals surface area contributed by atoms with Crippen molar-refractivity contribution in [2.75, 3.05) is 19.8 Å². The van der Waals surface area contributed by atoms with E-state index in [1.165, 1.54) is 4.90 Å². The number of morpholine rings is 1. The first-order chi connectivity index (χ1) is 8.99. The second-order valence-electron chi connectivity index (χ2n) is 4.51. The number of hydrogen-bond acceptors (Lipinski definition) is 3. The molecule has 1 saturated heterocycles. The smallest absolute Gasteiger partial charge is 0.254 e. The highest BCUT2D eigenvalue weighted by molar-refractivity contribution is 6.31. The summed E-state index contributed by atoms with van der Waals surface area (Å²) >= 11 is 5.94. The Morgan fingerprint density at radius 3 is 2.79 bits per heavy atom. The molecule has 1 fully saturated rings. The van der Waals surface area contributed by atoms with Crippen molar-refractivity contribution in [3.05, 3.63) is 34.3 Å². The molecule has 0 bridgehead atoms. The minimum Gasteiger partial charge on any atom is -0.377 e. The van der Waals surface area contributed by atoms with E-state index in [9.17, 15) is 9.59 Å². The maximum atomic E-state index is 12.4. The van der Waals surface area contributed by atoms with Gasteiger partial charge < -0.3 is 15.4 Å². The van der Waals surface area contributed by atoms with Crippen LogP contribution in [0.3, 0.4) is 0 Å². The zero-order valence-corrected chi connectivity index (χ0v) is 11.3. The molecule has 1 aromatic carbocycles. The summed E-state index contributed by atoms with van der Waals surface area (Å²) in [5.74, 6) is -0.815. The maximum Gasteiger partial charge on any atom is 0.254 e. The van der Waals surface area contributed by atoms with Crippen molar-refractivity contribution in [3.63, 3.8) is 0 Å². The fourth-order valence-electron chi connectivity index (χ4n) is 2.11. The molecule has 0 aliphatic carbocycles. The van der Waals surface area contributed by atoms with Crippen LogP contribution in [-0.4, -0.2) is 42.5 Å². The van der Waals surface area contributed by atoms with Crippen LogP contribution in [0.5, 0.6) is 0 Å². The quantitative estimate of drug-likeness (QED) is 0.879. The summed E-state index contributed by atoms with van der Waals surface area (Å²) in [5, 5.41) is 0.493. The van der Waals surface area contributed by atoms with Gasteiger partial charge in [-0.2, -0.15) is 0 Å². The summed E-state index contributed by atoms with van der Waals surface area (Å²) in [4.78, 5) is 25.2. The number of carbonyl (C=O) groups excluding carboxylic acids is 2. The Labute approximate surface area is 116 Å². The lowest BCUT2D eigenvalue weighted by Gasteiger charge is -2.33. The Morgan fingerprint density at radius 1 is 1.42 bits per heavy atom. The topological polar surface area (TPSA) is 72.6 Å². The van der Waals surface area contributed by atoms with Crippen LogP contribution in [0.2, 0.25) is 5.02 Å². The fourth-order valence-corrected chi connectivity index (χ4v) is 2.40. The number of nitrogens with zero attached hydrogens (tertiary/aromatic N) is 1. The molecular weight excluding hydrogens is 268 g/mol. The van der Waals surface area contributed by atoms with Crippen LogP contribution in [-0.2, 0) is 9.53 Å². The van der Waals surface area contributed by atoms with Gasteiger partial charge in [-0.1, -0.05) is 11.6 Å². The molecule has 5 nitrogen and oxygen atoms in total. The number of carbonyl (C=O) groups is 2. The minimum absolute atomic E-state index is 0.140. The highest BCUT2D eigenvalue weighted by atomic mass is 35.5. The molecule has 19 heavy (non-hydrogen) atoms. The first-order valence-corrected chi connectivity index (χ1v) is 6.32. The highest BCUT2D eigenvalue weighted by Gasteiger charge is 2.32. The van der Waals surface area contributed by atoms with Crippen LogP contribution < -0.4 is 5.73 Å². The molecule has 2 N–H and O–H groups in total. The predicted octanol–water partition coefficient (Wildman–Crippen LogP) is 0.975. The van der Waals surface area contributed by atoms with E-state index in [1.54, 1.807) is 18.2 Å². The van der Waals surface area contributed by atoms with Crippen molar-refractivity contribution >= 4 is 23.4 Å². The highest BCUT2D eigenvalue weighted by Crippen LogP contribution is 2.18. The molecule has 2 rings (SSSR count). The Balaban J connectivity index is 2.28.